The Morgan fingerprint density at radius 2 is 2.20 bits per heavy atom. The second kappa shape index (κ2) is 6.59. The minimum atomic E-state index is 0.212. The van der Waals surface area contributed by atoms with E-state index in [1.807, 2.05) is 6.92 Å². The number of hydrogen-bond acceptors (Lipinski definition) is 3. The molecule has 1 rings (SSSR count). The summed E-state index contributed by atoms with van der Waals surface area (Å²) in [5, 5.41) is 9.96. The Labute approximate surface area is 104 Å². The van der Waals surface area contributed by atoms with Crippen LogP contribution in [0.2, 0.25) is 10.2 Å². The maximum atomic E-state index is 8.85. The van der Waals surface area contributed by atoms with E-state index >= 15 is 0 Å². The van der Waals surface area contributed by atoms with Crippen LogP contribution in [-0.2, 0) is 5.75 Å². The van der Waals surface area contributed by atoms with Crippen molar-refractivity contribution in [2.24, 2.45) is 5.92 Å². The van der Waals surface area contributed by atoms with Gasteiger partial charge in [0.15, 0.2) is 0 Å². The Bertz CT molecular complexity index is 322. The fourth-order valence-corrected chi connectivity index (χ4v) is 2.42. The quantitative estimate of drug-likeness (QED) is 0.830. The monoisotopic (exact) mass is 265 g/mol. The SMILES string of the molecule is CC(CO)CSCc1nc(Cl)ccc1Cl. The number of aliphatic hydroxyl groups is 1. The molecule has 84 valence electrons. The minimum Gasteiger partial charge on any atom is -0.396 e. The first-order chi connectivity index (χ1) is 7.13. The summed E-state index contributed by atoms with van der Waals surface area (Å²) in [4.78, 5) is 4.15. The van der Waals surface area contributed by atoms with Crippen LogP contribution in [0.5, 0.6) is 0 Å². The van der Waals surface area contributed by atoms with E-state index < -0.39 is 0 Å². The maximum absolute atomic E-state index is 8.85. The first-order valence-electron chi connectivity index (χ1n) is 4.63. The number of aliphatic hydroxyl groups excluding tert-OH is 1. The van der Waals surface area contributed by atoms with Gasteiger partial charge in [-0.2, -0.15) is 11.8 Å². The van der Waals surface area contributed by atoms with Crippen LogP contribution in [0.1, 0.15) is 12.6 Å². The molecule has 1 aromatic heterocycles. The van der Waals surface area contributed by atoms with Gasteiger partial charge in [0.2, 0.25) is 0 Å². The summed E-state index contributed by atoms with van der Waals surface area (Å²) in [7, 11) is 0. The normalized spacial score (nSPS) is 12.8. The molecule has 0 saturated carbocycles. The summed E-state index contributed by atoms with van der Waals surface area (Å²) in [6, 6.07) is 3.43. The number of thioether (sulfide) groups is 1. The van der Waals surface area contributed by atoms with E-state index in [1.54, 1.807) is 23.9 Å². The standard InChI is InChI=1S/C10H13Cl2NOS/c1-7(4-14)5-15-6-9-8(11)2-3-10(12)13-9/h2-3,7,14H,4-6H2,1H3. The van der Waals surface area contributed by atoms with E-state index in [-0.39, 0.29) is 6.61 Å². The van der Waals surface area contributed by atoms with E-state index in [9.17, 15) is 0 Å². The zero-order valence-electron chi connectivity index (χ0n) is 8.41. The highest BCUT2D eigenvalue weighted by Gasteiger charge is 2.05. The zero-order chi connectivity index (χ0) is 11.3. The highest BCUT2D eigenvalue weighted by atomic mass is 35.5. The van der Waals surface area contributed by atoms with Gasteiger partial charge in [0.1, 0.15) is 5.15 Å². The second-order valence-corrected chi connectivity index (χ2v) is 5.19. The van der Waals surface area contributed by atoms with Crippen molar-refractivity contribution in [2.75, 3.05) is 12.4 Å². The van der Waals surface area contributed by atoms with Crippen LogP contribution in [-0.4, -0.2) is 22.5 Å². The van der Waals surface area contributed by atoms with E-state index in [0.29, 0.717) is 16.1 Å². The van der Waals surface area contributed by atoms with Crippen LogP contribution in [0.25, 0.3) is 0 Å². The molecule has 1 aromatic rings. The van der Waals surface area contributed by atoms with Crippen molar-refractivity contribution in [1.29, 1.82) is 0 Å². The highest BCUT2D eigenvalue weighted by Crippen LogP contribution is 2.22. The summed E-state index contributed by atoms with van der Waals surface area (Å²) in [5.74, 6) is 1.91. The molecule has 1 unspecified atom stereocenters. The van der Waals surface area contributed by atoms with E-state index in [1.165, 1.54) is 0 Å². The lowest BCUT2D eigenvalue weighted by Gasteiger charge is -2.07. The molecule has 0 radical (unpaired) electrons. The molecule has 0 amide bonds. The fourth-order valence-electron chi connectivity index (χ4n) is 0.968. The van der Waals surface area contributed by atoms with Crippen molar-refractivity contribution in [3.8, 4) is 0 Å². The van der Waals surface area contributed by atoms with Crippen molar-refractivity contribution in [2.45, 2.75) is 12.7 Å². The van der Waals surface area contributed by atoms with Gasteiger partial charge in [0.25, 0.3) is 0 Å². The van der Waals surface area contributed by atoms with Gasteiger partial charge in [-0.15, -0.1) is 0 Å². The Kier molecular flexibility index (Phi) is 5.75. The summed E-state index contributed by atoms with van der Waals surface area (Å²) in [6.45, 7) is 2.21. The molecule has 1 heterocycles. The lowest BCUT2D eigenvalue weighted by molar-refractivity contribution is 0.250. The smallest absolute Gasteiger partial charge is 0.129 e. The predicted molar refractivity (Wildman–Crippen MR) is 66.7 cm³/mol. The number of rotatable bonds is 5. The Morgan fingerprint density at radius 3 is 2.87 bits per heavy atom. The molecule has 5 heteroatoms. The predicted octanol–water partition coefficient (Wildman–Crippen LogP) is 3.25. The maximum Gasteiger partial charge on any atom is 0.129 e. The summed E-state index contributed by atoms with van der Waals surface area (Å²) < 4.78 is 0. The highest BCUT2D eigenvalue weighted by molar-refractivity contribution is 7.98. The van der Waals surface area contributed by atoms with Crippen LogP contribution >= 0.6 is 35.0 Å². The molecule has 2 nitrogen and oxygen atoms in total. The van der Waals surface area contributed by atoms with Gasteiger partial charge in [-0.05, 0) is 23.8 Å². The fraction of sp³-hybridized carbons (Fsp3) is 0.500. The summed E-state index contributed by atoms with van der Waals surface area (Å²) >= 11 is 13.4. The molecule has 0 aliphatic heterocycles. The third kappa shape index (κ3) is 4.60. The van der Waals surface area contributed by atoms with Crippen LogP contribution < -0.4 is 0 Å². The lowest BCUT2D eigenvalue weighted by atomic mass is 10.2. The second-order valence-electron chi connectivity index (χ2n) is 3.37. The molecule has 0 aliphatic rings. The van der Waals surface area contributed by atoms with Crippen molar-refractivity contribution < 1.29 is 5.11 Å². The van der Waals surface area contributed by atoms with Crippen molar-refractivity contribution in [3.63, 3.8) is 0 Å². The number of halogens is 2. The summed E-state index contributed by atoms with van der Waals surface area (Å²) in [6.07, 6.45) is 0. The number of aromatic nitrogens is 1. The van der Waals surface area contributed by atoms with Gasteiger partial charge in [0.05, 0.1) is 10.7 Å². The van der Waals surface area contributed by atoms with Gasteiger partial charge in [0, 0.05) is 12.4 Å². The van der Waals surface area contributed by atoms with Crippen LogP contribution in [0.15, 0.2) is 12.1 Å². The first kappa shape index (κ1) is 13.1. The molecular formula is C10H13Cl2NOS. The molecule has 0 aromatic carbocycles. The molecule has 1 N–H and O–H groups in total. The van der Waals surface area contributed by atoms with Crippen molar-refractivity contribution in [3.05, 3.63) is 28.0 Å². The first-order valence-corrected chi connectivity index (χ1v) is 6.54. The van der Waals surface area contributed by atoms with Crippen LogP contribution in [0.4, 0.5) is 0 Å². The van der Waals surface area contributed by atoms with Crippen LogP contribution in [0.3, 0.4) is 0 Å². The largest absolute Gasteiger partial charge is 0.396 e. The van der Waals surface area contributed by atoms with Gasteiger partial charge >= 0.3 is 0 Å². The van der Waals surface area contributed by atoms with Crippen molar-refractivity contribution >= 4 is 35.0 Å². The average Bonchev–Trinajstić information content (AvgIpc) is 2.23. The third-order valence-corrected chi connectivity index (χ3v) is 3.67. The van der Waals surface area contributed by atoms with E-state index in [0.717, 1.165) is 17.2 Å². The molecule has 0 spiro atoms. The Hall–Kier alpha value is 0.0400. The minimum absolute atomic E-state index is 0.212. The molecule has 15 heavy (non-hydrogen) atoms. The molecule has 1 atom stereocenters. The van der Waals surface area contributed by atoms with Gasteiger partial charge in [-0.3, -0.25) is 0 Å². The number of nitrogens with zero attached hydrogens (tertiary/aromatic N) is 1. The zero-order valence-corrected chi connectivity index (χ0v) is 10.7. The van der Waals surface area contributed by atoms with E-state index in [2.05, 4.69) is 4.98 Å². The Morgan fingerprint density at radius 1 is 1.47 bits per heavy atom. The van der Waals surface area contributed by atoms with Gasteiger partial charge in [-0.25, -0.2) is 4.98 Å². The average molecular weight is 266 g/mol. The lowest BCUT2D eigenvalue weighted by Crippen LogP contribution is -2.03. The summed E-state index contributed by atoms with van der Waals surface area (Å²) in [5.41, 5.74) is 0.805. The van der Waals surface area contributed by atoms with Crippen molar-refractivity contribution in [1.82, 2.24) is 4.98 Å². The molecule has 0 saturated heterocycles. The third-order valence-electron chi connectivity index (χ3n) is 1.84. The van der Waals surface area contributed by atoms with Gasteiger partial charge in [-0.1, -0.05) is 30.1 Å². The molecular weight excluding hydrogens is 253 g/mol. The Balaban J connectivity index is 2.46. The molecule has 0 fully saturated rings. The van der Waals surface area contributed by atoms with Crippen LogP contribution in [0, 0.1) is 5.92 Å². The number of hydrogen-bond donors (Lipinski definition) is 1. The van der Waals surface area contributed by atoms with Gasteiger partial charge < -0.3 is 5.11 Å². The van der Waals surface area contributed by atoms with E-state index in [4.69, 9.17) is 28.3 Å². The molecule has 0 aliphatic carbocycles. The number of pyridine rings is 1. The molecule has 0 bridgehead atoms. The topological polar surface area (TPSA) is 33.1 Å².